The molecule has 12 rings (SSSR count). The highest BCUT2D eigenvalue weighted by atomic mass is 16.3. The van der Waals surface area contributed by atoms with E-state index in [0.29, 0.717) is 0 Å². The van der Waals surface area contributed by atoms with Gasteiger partial charge in [-0.05, 0) is 111 Å². The molecule has 0 saturated carbocycles. The minimum Gasteiger partial charge on any atom is -0.456 e. The molecular formula is C58H37NO2. The van der Waals surface area contributed by atoms with Crippen LogP contribution in [-0.4, -0.2) is 0 Å². The highest BCUT2D eigenvalue weighted by Gasteiger charge is 2.24. The number of anilines is 3. The number of para-hydroxylation sites is 2. The summed E-state index contributed by atoms with van der Waals surface area (Å²) in [6.07, 6.45) is 0. The first kappa shape index (κ1) is 34.9. The fourth-order valence-corrected chi connectivity index (χ4v) is 9.22. The van der Waals surface area contributed by atoms with Crippen molar-refractivity contribution >= 4 is 71.7 Å². The monoisotopic (exact) mass is 779 g/mol. The van der Waals surface area contributed by atoms with Gasteiger partial charge in [0.05, 0.1) is 16.8 Å². The molecular weight excluding hydrogens is 743 g/mol. The van der Waals surface area contributed by atoms with E-state index in [2.05, 4.69) is 217 Å². The lowest BCUT2D eigenvalue weighted by molar-refractivity contribution is 0.669. The minimum absolute atomic E-state index is 0.844. The Labute approximate surface area is 353 Å². The van der Waals surface area contributed by atoms with Crippen molar-refractivity contribution in [1.82, 2.24) is 0 Å². The van der Waals surface area contributed by atoms with Crippen LogP contribution in [0.1, 0.15) is 0 Å². The van der Waals surface area contributed by atoms with Crippen LogP contribution in [0.2, 0.25) is 0 Å². The maximum atomic E-state index is 6.77. The van der Waals surface area contributed by atoms with Crippen LogP contribution in [0.15, 0.2) is 233 Å². The van der Waals surface area contributed by atoms with Gasteiger partial charge in [-0.25, -0.2) is 0 Å². The van der Waals surface area contributed by atoms with Gasteiger partial charge in [-0.3, -0.25) is 0 Å². The Bertz CT molecular complexity index is 3520. The summed E-state index contributed by atoms with van der Waals surface area (Å²) in [5.74, 6) is 0. The van der Waals surface area contributed by atoms with Crippen molar-refractivity contribution in [3.8, 4) is 44.5 Å². The van der Waals surface area contributed by atoms with Crippen molar-refractivity contribution in [1.29, 1.82) is 0 Å². The average molecular weight is 780 g/mol. The first-order chi connectivity index (χ1) is 30.2. The van der Waals surface area contributed by atoms with Crippen LogP contribution in [-0.2, 0) is 0 Å². The standard InChI is InChI=1S/C58H37NO2/c1-3-15-38(16-4-1)42-35-43(39-17-5-2-6-18-39)37-44(36-42)40-29-32-45(33-30-40)59(52-25-14-28-55-57(52)50-34-31-41-19-7-8-20-46(41)58(50)61-55)51-24-11-9-21-47(51)48-23-13-27-54-56(48)49-22-10-12-26-53(49)60-54/h1-37H. The third-order valence-corrected chi connectivity index (χ3v) is 12.0. The predicted molar refractivity (Wildman–Crippen MR) is 255 cm³/mol. The average Bonchev–Trinajstić information content (AvgIpc) is 3.92. The Hall–Kier alpha value is -8.14. The van der Waals surface area contributed by atoms with Crippen molar-refractivity contribution in [3.63, 3.8) is 0 Å². The molecule has 286 valence electrons. The van der Waals surface area contributed by atoms with Gasteiger partial charge >= 0.3 is 0 Å². The van der Waals surface area contributed by atoms with Gasteiger partial charge in [-0.2, -0.15) is 0 Å². The highest BCUT2D eigenvalue weighted by molar-refractivity contribution is 6.20. The lowest BCUT2D eigenvalue weighted by atomic mass is 9.93. The van der Waals surface area contributed by atoms with Crippen molar-refractivity contribution < 1.29 is 8.83 Å². The molecule has 0 unspecified atom stereocenters. The van der Waals surface area contributed by atoms with E-state index in [1.807, 2.05) is 12.1 Å². The van der Waals surface area contributed by atoms with Crippen LogP contribution >= 0.6 is 0 Å². The molecule has 3 nitrogen and oxygen atoms in total. The molecule has 2 aromatic heterocycles. The summed E-state index contributed by atoms with van der Waals surface area (Å²) in [5, 5.41) is 6.60. The molecule has 12 aromatic rings. The first-order valence-corrected chi connectivity index (χ1v) is 20.7. The molecule has 2 heterocycles. The molecule has 0 aliphatic heterocycles. The van der Waals surface area contributed by atoms with Gasteiger partial charge in [0.1, 0.15) is 22.3 Å². The van der Waals surface area contributed by atoms with E-state index >= 15 is 0 Å². The van der Waals surface area contributed by atoms with Crippen molar-refractivity contribution in [3.05, 3.63) is 224 Å². The summed E-state index contributed by atoms with van der Waals surface area (Å²) in [5.41, 5.74) is 15.9. The Morgan fingerprint density at radius 2 is 0.836 bits per heavy atom. The van der Waals surface area contributed by atoms with Gasteiger partial charge in [0.2, 0.25) is 0 Å². The van der Waals surface area contributed by atoms with E-state index in [9.17, 15) is 0 Å². The predicted octanol–water partition coefficient (Wildman–Crippen LogP) is 16.8. The third kappa shape index (κ3) is 5.90. The second-order valence-corrected chi connectivity index (χ2v) is 15.6. The molecule has 61 heavy (non-hydrogen) atoms. The number of hydrogen-bond acceptors (Lipinski definition) is 3. The van der Waals surface area contributed by atoms with Gasteiger partial charge in [0.25, 0.3) is 0 Å². The lowest BCUT2D eigenvalue weighted by Gasteiger charge is -2.29. The van der Waals surface area contributed by atoms with Gasteiger partial charge in [0.15, 0.2) is 0 Å². The normalized spacial score (nSPS) is 11.6. The van der Waals surface area contributed by atoms with Gasteiger partial charge < -0.3 is 13.7 Å². The lowest BCUT2D eigenvalue weighted by Crippen LogP contribution is -2.11. The second-order valence-electron chi connectivity index (χ2n) is 15.6. The van der Waals surface area contributed by atoms with Crippen molar-refractivity contribution in [2.75, 3.05) is 4.90 Å². The van der Waals surface area contributed by atoms with Crippen LogP contribution in [0.3, 0.4) is 0 Å². The van der Waals surface area contributed by atoms with E-state index in [1.165, 1.54) is 22.3 Å². The number of fused-ring (bicyclic) bond motifs is 8. The summed E-state index contributed by atoms with van der Waals surface area (Å²) in [7, 11) is 0. The number of hydrogen-bond donors (Lipinski definition) is 0. The maximum Gasteiger partial charge on any atom is 0.143 e. The molecule has 0 spiro atoms. The zero-order valence-corrected chi connectivity index (χ0v) is 33.1. The molecule has 0 atom stereocenters. The van der Waals surface area contributed by atoms with Gasteiger partial charge in [-0.15, -0.1) is 0 Å². The van der Waals surface area contributed by atoms with Crippen LogP contribution in [0.25, 0.3) is 99.2 Å². The fourth-order valence-electron chi connectivity index (χ4n) is 9.22. The van der Waals surface area contributed by atoms with Crippen molar-refractivity contribution in [2.24, 2.45) is 0 Å². The molecule has 0 saturated heterocycles. The molecule has 0 bridgehead atoms. The van der Waals surface area contributed by atoms with Crippen LogP contribution in [0.5, 0.6) is 0 Å². The van der Waals surface area contributed by atoms with Crippen molar-refractivity contribution in [2.45, 2.75) is 0 Å². The van der Waals surface area contributed by atoms with E-state index in [0.717, 1.165) is 94.0 Å². The molecule has 0 radical (unpaired) electrons. The van der Waals surface area contributed by atoms with E-state index in [1.54, 1.807) is 0 Å². The first-order valence-electron chi connectivity index (χ1n) is 20.7. The van der Waals surface area contributed by atoms with Gasteiger partial charge in [-0.1, -0.05) is 158 Å². The van der Waals surface area contributed by atoms with Gasteiger partial charge in [0, 0.05) is 32.8 Å². The molecule has 0 amide bonds. The van der Waals surface area contributed by atoms with Crippen LogP contribution < -0.4 is 4.90 Å². The van der Waals surface area contributed by atoms with E-state index in [4.69, 9.17) is 8.83 Å². The number of nitrogens with zero attached hydrogens (tertiary/aromatic N) is 1. The molecule has 0 fully saturated rings. The zero-order chi connectivity index (χ0) is 40.3. The summed E-state index contributed by atoms with van der Waals surface area (Å²) in [6, 6.07) is 79.9. The SMILES string of the molecule is c1ccc(-c2cc(-c3ccccc3)cc(-c3ccc(N(c4ccccc4-c4cccc5oc6ccccc6c45)c4cccc5oc6c7ccccc7ccc6c45)cc3)c2)cc1. The second kappa shape index (κ2) is 14.3. The van der Waals surface area contributed by atoms with Crippen LogP contribution in [0, 0.1) is 0 Å². The zero-order valence-electron chi connectivity index (χ0n) is 33.1. The summed E-state index contributed by atoms with van der Waals surface area (Å²) in [4.78, 5) is 2.41. The summed E-state index contributed by atoms with van der Waals surface area (Å²) < 4.78 is 13.2. The fraction of sp³-hybridized carbons (Fsp3) is 0. The quantitative estimate of drug-likeness (QED) is 0.161. The Morgan fingerprint density at radius 1 is 0.295 bits per heavy atom. The van der Waals surface area contributed by atoms with Crippen LogP contribution in [0.4, 0.5) is 17.1 Å². The van der Waals surface area contributed by atoms with E-state index in [-0.39, 0.29) is 0 Å². The Morgan fingerprint density at radius 3 is 1.57 bits per heavy atom. The smallest absolute Gasteiger partial charge is 0.143 e. The number of benzene rings is 10. The Balaban J connectivity index is 1.08. The molecule has 3 heteroatoms. The number of rotatable bonds is 7. The third-order valence-electron chi connectivity index (χ3n) is 12.0. The summed E-state index contributed by atoms with van der Waals surface area (Å²) in [6.45, 7) is 0. The minimum atomic E-state index is 0.844. The van der Waals surface area contributed by atoms with E-state index < -0.39 is 0 Å². The topological polar surface area (TPSA) is 29.5 Å². The molecule has 0 aliphatic rings. The maximum absolute atomic E-state index is 6.77. The largest absolute Gasteiger partial charge is 0.456 e. The number of furan rings is 2. The molecule has 0 N–H and O–H groups in total. The highest BCUT2D eigenvalue weighted by Crippen LogP contribution is 2.49. The Kier molecular flexibility index (Phi) is 8.17. The summed E-state index contributed by atoms with van der Waals surface area (Å²) >= 11 is 0. The molecule has 10 aromatic carbocycles. The molecule has 0 aliphatic carbocycles.